The summed E-state index contributed by atoms with van der Waals surface area (Å²) in [4.78, 5) is 13.3. The highest BCUT2D eigenvalue weighted by molar-refractivity contribution is 5.79. The monoisotopic (exact) mass is 195 g/mol. The van der Waals surface area contributed by atoms with E-state index in [2.05, 4.69) is 6.08 Å². The number of aliphatic hydroxyl groups excluding tert-OH is 1. The zero-order valence-electron chi connectivity index (χ0n) is 8.41. The van der Waals surface area contributed by atoms with Gasteiger partial charge < -0.3 is 10.0 Å². The number of hydrogen-bond acceptors (Lipinski definition) is 2. The van der Waals surface area contributed by atoms with Gasteiger partial charge in [-0.3, -0.25) is 4.79 Å². The average molecular weight is 195 g/mol. The lowest BCUT2D eigenvalue weighted by atomic mass is 9.96. The van der Waals surface area contributed by atoms with Crippen molar-refractivity contribution in [2.45, 2.75) is 38.2 Å². The Morgan fingerprint density at radius 3 is 2.86 bits per heavy atom. The molecule has 78 valence electrons. The van der Waals surface area contributed by atoms with Crippen molar-refractivity contribution in [3.05, 3.63) is 11.6 Å². The zero-order chi connectivity index (χ0) is 9.97. The number of hydrogen-bond donors (Lipinski definition) is 1. The molecule has 2 rings (SSSR count). The molecule has 3 heteroatoms. The van der Waals surface area contributed by atoms with Gasteiger partial charge in [0, 0.05) is 19.5 Å². The Balaban J connectivity index is 1.79. The van der Waals surface area contributed by atoms with Gasteiger partial charge >= 0.3 is 0 Å². The Labute approximate surface area is 84.4 Å². The van der Waals surface area contributed by atoms with Crippen LogP contribution in [0.3, 0.4) is 0 Å². The highest BCUT2D eigenvalue weighted by atomic mass is 16.3. The number of β-amino-alcohol motifs (C(OH)–C–C–N with tert-alkyl or cyclic N) is 1. The minimum Gasteiger partial charge on any atom is -0.389 e. The maximum absolute atomic E-state index is 11.6. The summed E-state index contributed by atoms with van der Waals surface area (Å²) in [6, 6.07) is 0. The standard InChI is InChI=1S/C11H17NO2/c13-10-7-12(8-10)11(14)6-9-4-2-1-3-5-9/h4,10,13H,1-3,5-8H2. The van der Waals surface area contributed by atoms with Crippen LogP contribution in [0, 0.1) is 0 Å². The van der Waals surface area contributed by atoms with E-state index < -0.39 is 0 Å². The molecule has 2 aliphatic rings. The second-order valence-electron chi connectivity index (χ2n) is 4.24. The van der Waals surface area contributed by atoms with E-state index >= 15 is 0 Å². The van der Waals surface area contributed by atoms with Crippen LogP contribution in [0.25, 0.3) is 0 Å². The molecule has 0 aromatic carbocycles. The van der Waals surface area contributed by atoms with Gasteiger partial charge in [0.15, 0.2) is 0 Å². The fraction of sp³-hybridized carbons (Fsp3) is 0.727. The van der Waals surface area contributed by atoms with Crippen molar-refractivity contribution in [1.82, 2.24) is 4.90 Å². The van der Waals surface area contributed by atoms with Crippen LogP contribution >= 0.6 is 0 Å². The summed E-state index contributed by atoms with van der Waals surface area (Å²) >= 11 is 0. The molecule has 1 fully saturated rings. The number of nitrogens with zero attached hydrogens (tertiary/aromatic N) is 1. The molecule has 1 heterocycles. The Bertz CT molecular complexity index is 254. The molecular formula is C11H17NO2. The van der Waals surface area contributed by atoms with E-state index in [0.29, 0.717) is 19.5 Å². The smallest absolute Gasteiger partial charge is 0.226 e. The SMILES string of the molecule is O=C(CC1=CCCCC1)N1CC(O)C1. The van der Waals surface area contributed by atoms with Crippen LogP contribution in [0.15, 0.2) is 11.6 Å². The number of carbonyl (C=O) groups excluding carboxylic acids is 1. The van der Waals surface area contributed by atoms with E-state index in [1.165, 1.54) is 18.4 Å². The van der Waals surface area contributed by atoms with Crippen molar-refractivity contribution >= 4 is 5.91 Å². The van der Waals surface area contributed by atoms with Crippen molar-refractivity contribution in [2.24, 2.45) is 0 Å². The fourth-order valence-electron chi connectivity index (χ4n) is 2.03. The first kappa shape index (κ1) is 9.71. The maximum Gasteiger partial charge on any atom is 0.226 e. The maximum atomic E-state index is 11.6. The van der Waals surface area contributed by atoms with E-state index in [-0.39, 0.29) is 12.0 Å². The molecular weight excluding hydrogens is 178 g/mol. The van der Waals surface area contributed by atoms with Crippen LogP contribution in [0.4, 0.5) is 0 Å². The van der Waals surface area contributed by atoms with Gasteiger partial charge in [0.2, 0.25) is 5.91 Å². The Hall–Kier alpha value is -0.830. The first-order valence-electron chi connectivity index (χ1n) is 5.39. The molecule has 0 bridgehead atoms. The Kier molecular flexibility index (Phi) is 2.87. The second kappa shape index (κ2) is 4.13. The average Bonchev–Trinajstić information content (AvgIpc) is 2.14. The van der Waals surface area contributed by atoms with Crippen molar-refractivity contribution in [3.63, 3.8) is 0 Å². The van der Waals surface area contributed by atoms with Crippen LogP contribution in [0.1, 0.15) is 32.1 Å². The van der Waals surface area contributed by atoms with Crippen LogP contribution in [-0.2, 0) is 4.79 Å². The third-order valence-corrected chi connectivity index (χ3v) is 2.98. The zero-order valence-corrected chi connectivity index (χ0v) is 8.41. The number of carbonyl (C=O) groups is 1. The molecule has 0 aromatic rings. The summed E-state index contributed by atoms with van der Waals surface area (Å²) in [6.45, 7) is 1.07. The molecule has 0 unspecified atom stereocenters. The summed E-state index contributed by atoms with van der Waals surface area (Å²) in [5.74, 6) is 0.184. The topological polar surface area (TPSA) is 40.5 Å². The number of rotatable bonds is 2. The number of likely N-dealkylation sites (tertiary alicyclic amines) is 1. The predicted octanol–water partition coefficient (Wildman–Crippen LogP) is 1.08. The molecule has 14 heavy (non-hydrogen) atoms. The molecule has 0 aromatic heterocycles. The van der Waals surface area contributed by atoms with E-state index in [9.17, 15) is 4.79 Å². The van der Waals surface area contributed by atoms with E-state index in [1.807, 2.05) is 0 Å². The molecule has 1 aliphatic heterocycles. The van der Waals surface area contributed by atoms with Gasteiger partial charge in [0.25, 0.3) is 0 Å². The van der Waals surface area contributed by atoms with Gasteiger partial charge in [-0.05, 0) is 25.7 Å². The van der Waals surface area contributed by atoms with Crippen LogP contribution in [0.2, 0.25) is 0 Å². The minimum absolute atomic E-state index is 0.184. The van der Waals surface area contributed by atoms with E-state index in [0.717, 1.165) is 12.8 Å². The molecule has 1 aliphatic carbocycles. The molecule has 3 nitrogen and oxygen atoms in total. The van der Waals surface area contributed by atoms with Crippen LogP contribution in [-0.4, -0.2) is 35.1 Å². The third-order valence-electron chi connectivity index (χ3n) is 2.98. The van der Waals surface area contributed by atoms with Gasteiger partial charge in [0.05, 0.1) is 6.10 Å². The summed E-state index contributed by atoms with van der Waals surface area (Å²) in [5, 5.41) is 9.06. The number of aliphatic hydroxyl groups is 1. The summed E-state index contributed by atoms with van der Waals surface area (Å²) < 4.78 is 0. The molecule has 1 N–H and O–H groups in total. The van der Waals surface area contributed by atoms with Gasteiger partial charge in [-0.25, -0.2) is 0 Å². The van der Waals surface area contributed by atoms with Crippen molar-refractivity contribution in [2.75, 3.05) is 13.1 Å². The van der Waals surface area contributed by atoms with Crippen molar-refractivity contribution in [3.8, 4) is 0 Å². The van der Waals surface area contributed by atoms with Gasteiger partial charge in [0.1, 0.15) is 0 Å². The molecule has 1 saturated heterocycles. The second-order valence-corrected chi connectivity index (χ2v) is 4.24. The Morgan fingerprint density at radius 2 is 2.29 bits per heavy atom. The van der Waals surface area contributed by atoms with Crippen molar-refractivity contribution < 1.29 is 9.90 Å². The summed E-state index contributed by atoms with van der Waals surface area (Å²) in [7, 11) is 0. The highest BCUT2D eigenvalue weighted by Gasteiger charge is 2.28. The quantitative estimate of drug-likeness (QED) is 0.670. The lowest BCUT2D eigenvalue weighted by Gasteiger charge is -2.36. The highest BCUT2D eigenvalue weighted by Crippen LogP contribution is 2.22. The lowest BCUT2D eigenvalue weighted by molar-refractivity contribution is -0.140. The van der Waals surface area contributed by atoms with Gasteiger partial charge in [-0.1, -0.05) is 11.6 Å². The molecule has 0 atom stereocenters. The summed E-state index contributed by atoms with van der Waals surface area (Å²) in [6.07, 6.45) is 7.21. The molecule has 0 radical (unpaired) electrons. The normalized spacial score (nSPS) is 22.9. The van der Waals surface area contributed by atoms with Gasteiger partial charge in [-0.15, -0.1) is 0 Å². The molecule has 0 saturated carbocycles. The largest absolute Gasteiger partial charge is 0.389 e. The van der Waals surface area contributed by atoms with E-state index in [4.69, 9.17) is 5.11 Å². The third kappa shape index (κ3) is 2.15. The number of allylic oxidation sites excluding steroid dienone is 1. The predicted molar refractivity (Wildman–Crippen MR) is 53.8 cm³/mol. The fourth-order valence-corrected chi connectivity index (χ4v) is 2.03. The summed E-state index contributed by atoms with van der Waals surface area (Å²) in [5.41, 5.74) is 1.29. The molecule has 1 amide bonds. The van der Waals surface area contributed by atoms with Crippen LogP contribution in [0.5, 0.6) is 0 Å². The van der Waals surface area contributed by atoms with E-state index in [1.54, 1.807) is 4.90 Å². The number of amides is 1. The first-order valence-corrected chi connectivity index (χ1v) is 5.39. The van der Waals surface area contributed by atoms with Crippen molar-refractivity contribution in [1.29, 1.82) is 0 Å². The minimum atomic E-state index is -0.278. The Morgan fingerprint density at radius 1 is 1.50 bits per heavy atom. The first-order chi connectivity index (χ1) is 6.75. The van der Waals surface area contributed by atoms with Gasteiger partial charge in [-0.2, -0.15) is 0 Å². The molecule has 0 spiro atoms. The van der Waals surface area contributed by atoms with Crippen LogP contribution < -0.4 is 0 Å². The lowest BCUT2D eigenvalue weighted by Crippen LogP contribution is -2.53.